The molecule has 2 aromatic rings. The van der Waals surface area contributed by atoms with Gasteiger partial charge in [-0.05, 0) is 76.6 Å². The Morgan fingerprint density at radius 2 is 1.51 bits per heavy atom. The Morgan fingerprint density at radius 1 is 0.956 bits per heavy atom. The minimum Gasteiger partial charge on any atom is -0.460 e. The molecule has 3 fully saturated rings. The van der Waals surface area contributed by atoms with Crippen molar-refractivity contribution in [2.75, 3.05) is 6.61 Å². The van der Waals surface area contributed by atoms with Gasteiger partial charge in [-0.1, -0.05) is 116 Å². The number of hydrogen-bond donors (Lipinski definition) is 1. The van der Waals surface area contributed by atoms with Gasteiger partial charge in [0.15, 0.2) is 0 Å². The molecule has 3 saturated carbocycles. The van der Waals surface area contributed by atoms with Gasteiger partial charge < -0.3 is 14.3 Å². The molecule has 3 aliphatic rings. The van der Waals surface area contributed by atoms with E-state index in [-0.39, 0.29) is 46.6 Å². The number of esters is 1. The minimum absolute atomic E-state index is 0.0100. The Labute approximate surface area is 272 Å². The van der Waals surface area contributed by atoms with Gasteiger partial charge in [0.25, 0.3) is 8.32 Å². The Bertz CT molecular complexity index is 1310. The predicted molar refractivity (Wildman–Crippen MR) is 183 cm³/mol. The fourth-order valence-electron chi connectivity index (χ4n) is 10.3. The number of rotatable bonds is 8. The van der Waals surface area contributed by atoms with Crippen LogP contribution in [0, 0.1) is 34.0 Å². The van der Waals surface area contributed by atoms with Gasteiger partial charge in [0.05, 0.1) is 6.10 Å². The summed E-state index contributed by atoms with van der Waals surface area (Å²) in [7, 11) is -2.94. The van der Waals surface area contributed by atoms with Gasteiger partial charge >= 0.3 is 5.97 Å². The molecule has 0 saturated heterocycles. The summed E-state index contributed by atoms with van der Waals surface area (Å²) in [6.45, 7) is 17.4. The molecule has 6 heteroatoms. The van der Waals surface area contributed by atoms with E-state index in [4.69, 9.17) is 9.16 Å². The smallest absolute Gasteiger partial charge is 0.331 e. The molecule has 0 aliphatic heterocycles. The molecule has 0 radical (unpaired) electrons. The summed E-state index contributed by atoms with van der Waals surface area (Å²) in [4.78, 5) is 28.0. The van der Waals surface area contributed by atoms with Gasteiger partial charge in [-0.2, -0.15) is 0 Å². The molecule has 7 atom stereocenters. The zero-order valence-electron chi connectivity index (χ0n) is 28.9. The second-order valence-electron chi connectivity index (χ2n) is 15.9. The summed E-state index contributed by atoms with van der Waals surface area (Å²) < 4.78 is 13.6. The third-order valence-corrected chi connectivity index (χ3v) is 18.2. The normalized spacial score (nSPS) is 33.2. The van der Waals surface area contributed by atoms with Crippen LogP contribution in [0.4, 0.5) is 0 Å². The van der Waals surface area contributed by atoms with E-state index in [1.165, 1.54) is 0 Å². The highest BCUT2D eigenvalue weighted by atomic mass is 28.4. The van der Waals surface area contributed by atoms with Crippen LogP contribution >= 0.6 is 0 Å². The van der Waals surface area contributed by atoms with Gasteiger partial charge in [-0.3, -0.25) is 4.79 Å². The number of carbonyl (C=O) groups is 2. The highest BCUT2D eigenvalue weighted by Gasteiger charge is 2.68. The highest BCUT2D eigenvalue weighted by molar-refractivity contribution is 6.99. The van der Waals surface area contributed by atoms with Crippen molar-refractivity contribution in [3.63, 3.8) is 0 Å². The summed E-state index contributed by atoms with van der Waals surface area (Å²) in [5.74, 6) is -0.0984. The number of ketones is 1. The van der Waals surface area contributed by atoms with Crippen molar-refractivity contribution in [3.8, 4) is 0 Å². The average Bonchev–Trinajstić information content (AvgIpc) is 3.38. The minimum atomic E-state index is -2.94. The molecule has 2 aromatic carbocycles. The van der Waals surface area contributed by atoms with E-state index in [0.717, 1.165) is 42.5 Å². The largest absolute Gasteiger partial charge is 0.460 e. The fraction of sp³-hybridized carbons (Fsp3) is 0.641. The second kappa shape index (κ2) is 12.4. The van der Waals surface area contributed by atoms with Crippen molar-refractivity contribution in [1.29, 1.82) is 0 Å². The van der Waals surface area contributed by atoms with Gasteiger partial charge in [0.1, 0.15) is 18.5 Å². The molecule has 3 aliphatic carbocycles. The van der Waals surface area contributed by atoms with Crippen LogP contribution in [-0.4, -0.2) is 44.0 Å². The topological polar surface area (TPSA) is 72.8 Å². The predicted octanol–water partition coefficient (Wildman–Crippen LogP) is 7.08. The lowest BCUT2D eigenvalue weighted by Crippen LogP contribution is -2.67. The Balaban J connectivity index is 1.54. The molecule has 0 spiro atoms. The first-order chi connectivity index (χ1) is 21.2. The van der Waals surface area contributed by atoms with E-state index in [1.54, 1.807) is 0 Å². The number of hydrogen-bond acceptors (Lipinski definition) is 5. The lowest BCUT2D eigenvalue weighted by molar-refractivity contribution is -0.215. The molecule has 0 aromatic heterocycles. The van der Waals surface area contributed by atoms with Gasteiger partial charge in [-0.25, -0.2) is 4.79 Å². The third-order valence-electron chi connectivity index (χ3n) is 13.3. The molecular weight excluding hydrogens is 577 g/mol. The first-order valence-corrected chi connectivity index (χ1v) is 19.3. The zero-order chi connectivity index (χ0) is 32.8. The second-order valence-corrected chi connectivity index (χ2v) is 20.2. The summed E-state index contributed by atoms with van der Waals surface area (Å²) in [6.07, 6.45) is 4.36. The van der Waals surface area contributed by atoms with E-state index < -0.39 is 31.4 Å². The Kier molecular flexibility index (Phi) is 9.38. The third kappa shape index (κ3) is 5.27. The van der Waals surface area contributed by atoms with Crippen molar-refractivity contribution in [2.24, 2.45) is 34.0 Å². The summed E-state index contributed by atoms with van der Waals surface area (Å²) in [5.41, 5.74) is -1.17. The van der Waals surface area contributed by atoms with Crippen LogP contribution in [0.25, 0.3) is 0 Å². The molecule has 0 amide bonds. The van der Waals surface area contributed by atoms with Crippen molar-refractivity contribution in [1.82, 2.24) is 0 Å². The average molecular weight is 633 g/mol. The number of aliphatic hydroxyl groups is 1. The van der Waals surface area contributed by atoms with Crippen LogP contribution < -0.4 is 10.4 Å². The molecule has 0 heterocycles. The van der Waals surface area contributed by atoms with Crippen molar-refractivity contribution in [3.05, 3.63) is 60.7 Å². The first-order valence-electron chi connectivity index (χ1n) is 17.4. The maximum Gasteiger partial charge on any atom is 0.331 e. The van der Waals surface area contributed by atoms with E-state index in [1.807, 2.05) is 36.4 Å². The maximum absolute atomic E-state index is 14.2. The van der Waals surface area contributed by atoms with Crippen LogP contribution in [0.15, 0.2) is 60.7 Å². The first kappa shape index (κ1) is 34.1. The number of carbonyl (C=O) groups excluding carboxylic acids is 2. The SMILES string of the molecule is CCC1(CC)C[C@@H](OC(=O)CO[Si](c2ccccc2)(c2ccccc2)C(C)(C)C)[C@@]2(C)C3C(=O)CC[C@@]3(CC[C@H]2C)[C@@H](C)[C@@H]1O. The number of aliphatic hydroxyl groups excluding tert-OH is 1. The fourth-order valence-corrected chi connectivity index (χ4v) is 14.8. The monoisotopic (exact) mass is 632 g/mol. The highest BCUT2D eigenvalue weighted by Crippen LogP contribution is 2.68. The van der Waals surface area contributed by atoms with Crippen LogP contribution in [0.1, 0.15) is 100 Å². The van der Waals surface area contributed by atoms with Gasteiger partial charge in [0.2, 0.25) is 0 Å². The zero-order valence-corrected chi connectivity index (χ0v) is 29.9. The Morgan fingerprint density at radius 3 is 2.02 bits per heavy atom. The number of Topliss-reactive ketones (excluding diaryl/α,β-unsaturated/α-hetero) is 1. The summed E-state index contributed by atoms with van der Waals surface area (Å²) in [6, 6.07) is 20.7. The van der Waals surface area contributed by atoms with E-state index >= 15 is 0 Å². The molecule has 2 bridgehead atoms. The van der Waals surface area contributed by atoms with Crippen LogP contribution in [0.3, 0.4) is 0 Å². The molecule has 5 rings (SSSR count). The van der Waals surface area contributed by atoms with E-state index in [2.05, 4.69) is 79.7 Å². The molecule has 246 valence electrons. The van der Waals surface area contributed by atoms with Crippen LogP contribution in [-0.2, 0) is 18.8 Å². The molecule has 1 unspecified atom stereocenters. The number of ether oxygens (including phenoxy) is 1. The van der Waals surface area contributed by atoms with Crippen molar-refractivity contribution in [2.45, 2.75) is 118 Å². The Hall–Kier alpha value is -2.28. The molecule has 5 nitrogen and oxygen atoms in total. The van der Waals surface area contributed by atoms with E-state index in [9.17, 15) is 14.7 Å². The number of benzene rings is 2. The van der Waals surface area contributed by atoms with Gasteiger partial charge in [0, 0.05) is 17.8 Å². The van der Waals surface area contributed by atoms with Crippen molar-refractivity contribution < 1.29 is 23.9 Å². The quantitative estimate of drug-likeness (QED) is 0.249. The standard InChI is InChI=1S/C39H56O5Si/c1-9-38(10-2)25-32(37(8)27(3)21-23-39(28(4)35(38)42)24-22-31(40)34(37)39)44-33(41)26-43-45(36(5,6)7,29-17-13-11-14-18-29)30-19-15-12-16-20-30/h11-20,27-28,32,34-35,42H,9-10,21-26H2,1-8H3/t27-,28+,32-,34?,35+,37+,39+/m1/s1. The summed E-state index contributed by atoms with van der Waals surface area (Å²) in [5, 5.41) is 14.1. The van der Waals surface area contributed by atoms with Crippen molar-refractivity contribution >= 4 is 30.4 Å². The van der Waals surface area contributed by atoms with Crippen LogP contribution in [0.2, 0.25) is 5.04 Å². The van der Waals surface area contributed by atoms with Gasteiger partial charge in [-0.15, -0.1) is 0 Å². The maximum atomic E-state index is 14.2. The molecule has 1 N–H and O–H groups in total. The van der Waals surface area contributed by atoms with E-state index in [0.29, 0.717) is 12.8 Å². The lowest BCUT2D eigenvalue weighted by Gasteiger charge is -2.62. The summed E-state index contributed by atoms with van der Waals surface area (Å²) >= 11 is 0. The van der Waals surface area contributed by atoms with Crippen LogP contribution in [0.5, 0.6) is 0 Å². The molecular formula is C39H56O5Si. The lowest BCUT2D eigenvalue weighted by atomic mass is 9.43. The molecule has 45 heavy (non-hydrogen) atoms.